The second-order valence-electron chi connectivity index (χ2n) is 5.65. The number of aromatic carboxylic acids is 1. The van der Waals surface area contributed by atoms with Gasteiger partial charge in [0.2, 0.25) is 0 Å². The summed E-state index contributed by atoms with van der Waals surface area (Å²) in [5, 5.41) is 12.0. The zero-order valence-electron chi connectivity index (χ0n) is 15.4. The van der Waals surface area contributed by atoms with Crippen LogP contribution in [-0.4, -0.2) is 43.9 Å². The van der Waals surface area contributed by atoms with Crippen molar-refractivity contribution in [3.8, 4) is 5.75 Å². The van der Waals surface area contributed by atoms with Crippen molar-refractivity contribution in [1.29, 1.82) is 0 Å². The molecule has 0 aromatic heterocycles. The zero-order valence-corrected chi connectivity index (χ0v) is 15.4. The number of carbonyl (C=O) groups excluding carboxylic acids is 1. The maximum absolute atomic E-state index is 12.7. The summed E-state index contributed by atoms with van der Waals surface area (Å²) < 4.78 is 15.9. The van der Waals surface area contributed by atoms with Gasteiger partial charge in [0.15, 0.2) is 0 Å². The Bertz CT molecular complexity index is 790. The summed E-state index contributed by atoms with van der Waals surface area (Å²) in [6, 6.07) is 11.4. The number of carboxylic acid groups (broad SMARTS) is 1. The number of amides is 1. The van der Waals surface area contributed by atoms with E-state index in [1.807, 2.05) is 6.92 Å². The van der Waals surface area contributed by atoms with E-state index in [0.717, 1.165) is 0 Å². The van der Waals surface area contributed by atoms with Crippen LogP contribution in [0.15, 0.2) is 42.5 Å². The highest BCUT2D eigenvalue weighted by Gasteiger charge is 2.14. The second kappa shape index (κ2) is 10.3. The van der Waals surface area contributed by atoms with E-state index in [-0.39, 0.29) is 12.2 Å². The fourth-order valence-corrected chi connectivity index (χ4v) is 2.47. The number of carbonyl (C=O) groups is 2. The minimum Gasteiger partial charge on any atom is -0.490 e. The molecule has 2 N–H and O–H groups in total. The van der Waals surface area contributed by atoms with Crippen molar-refractivity contribution >= 4 is 17.6 Å². The molecule has 0 saturated heterocycles. The summed E-state index contributed by atoms with van der Waals surface area (Å²) in [5.74, 6) is -1.04. The number of nitrogens with one attached hydrogen (secondary N) is 1. The molecule has 0 spiro atoms. The highest BCUT2D eigenvalue weighted by Crippen LogP contribution is 2.21. The zero-order chi connectivity index (χ0) is 19.6. The summed E-state index contributed by atoms with van der Waals surface area (Å²) in [6.45, 7) is 3.47. The van der Waals surface area contributed by atoms with Crippen LogP contribution in [0.2, 0.25) is 0 Å². The Kier molecular flexibility index (Phi) is 7.79. The molecule has 0 aliphatic rings. The van der Waals surface area contributed by atoms with Crippen LogP contribution in [-0.2, 0) is 16.1 Å². The minimum atomic E-state index is -1.08. The van der Waals surface area contributed by atoms with Crippen LogP contribution in [0, 0.1) is 0 Å². The van der Waals surface area contributed by atoms with Crippen LogP contribution in [0.3, 0.4) is 0 Å². The molecule has 0 aliphatic carbocycles. The molecule has 0 radical (unpaired) electrons. The maximum atomic E-state index is 12.7. The Labute approximate surface area is 157 Å². The molecule has 7 heteroatoms. The van der Waals surface area contributed by atoms with Crippen molar-refractivity contribution in [3.63, 3.8) is 0 Å². The van der Waals surface area contributed by atoms with Crippen molar-refractivity contribution in [2.24, 2.45) is 0 Å². The van der Waals surface area contributed by atoms with E-state index in [9.17, 15) is 14.7 Å². The third-order valence-electron chi connectivity index (χ3n) is 3.63. The number of carboxylic acids is 1. The van der Waals surface area contributed by atoms with Gasteiger partial charge in [-0.25, -0.2) is 4.79 Å². The van der Waals surface area contributed by atoms with Gasteiger partial charge in [0.1, 0.15) is 12.4 Å². The quantitative estimate of drug-likeness (QED) is 0.621. The molecule has 144 valence electrons. The van der Waals surface area contributed by atoms with E-state index in [1.165, 1.54) is 19.2 Å². The minimum absolute atomic E-state index is 0.0705. The van der Waals surface area contributed by atoms with Crippen LogP contribution in [0.25, 0.3) is 0 Å². The van der Waals surface area contributed by atoms with Crippen LogP contribution in [0.5, 0.6) is 5.75 Å². The largest absolute Gasteiger partial charge is 0.490 e. The topological polar surface area (TPSA) is 94.1 Å². The summed E-state index contributed by atoms with van der Waals surface area (Å²) in [5.41, 5.74) is 1.44. The van der Waals surface area contributed by atoms with Gasteiger partial charge in [0.25, 0.3) is 5.91 Å². The van der Waals surface area contributed by atoms with Gasteiger partial charge < -0.3 is 24.6 Å². The molecule has 0 unspecified atom stereocenters. The first kappa shape index (κ1) is 20.4. The van der Waals surface area contributed by atoms with E-state index in [1.54, 1.807) is 30.3 Å². The lowest BCUT2D eigenvalue weighted by molar-refractivity contribution is 0.0696. The average Bonchev–Trinajstić information content (AvgIpc) is 2.65. The van der Waals surface area contributed by atoms with E-state index in [0.29, 0.717) is 42.4 Å². The maximum Gasteiger partial charge on any atom is 0.335 e. The van der Waals surface area contributed by atoms with Crippen molar-refractivity contribution in [1.82, 2.24) is 0 Å². The second-order valence-corrected chi connectivity index (χ2v) is 5.65. The Morgan fingerprint density at radius 3 is 2.59 bits per heavy atom. The number of hydrogen-bond donors (Lipinski definition) is 2. The van der Waals surface area contributed by atoms with E-state index >= 15 is 0 Å². The van der Waals surface area contributed by atoms with E-state index < -0.39 is 11.9 Å². The molecule has 0 atom stereocenters. The lowest BCUT2D eigenvalue weighted by Crippen LogP contribution is -2.15. The number of benzene rings is 2. The van der Waals surface area contributed by atoms with Crippen molar-refractivity contribution in [2.45, 2.75) is 13.5 Å². The SMILES string of the molecule is CCOCCOc1ccccc1C(=O)Nc1cc(COC)cc(C(=O)O)c1. The lowest BCUT2D eigenvalue weighted by Gasteiger charge is -2.13. The monoisotopic (exact) mass is 373 g/mol. The molecule has 0 aliphatic heterocycles. The predicted molar refractivity (Wildman–Crippen MR) is 100 cm³/mol. The van der Waals surface area contributed by atoms with Crippen molar-refractivity contribution in [2.75, 3.05) is 32.2 Å². The first-order valence-corrected chi connectivity index (χ1v) is 8.52. The predicted octanol–water partition coefficient (Wildman–Crippen LogP) is 3.20. The molecule has 0 fully saturated rings. The number of hydrogen-bond acceptors (Lipinski definition) is 5. The molecule has 2 rings (SSSR count). The highest BCUT2D eigenvalue weighted by atomic mass is 16.5. The van der Waals surface area contributed by atoms with Crippen molar-refractivity contribution < 1.29 is 28.9 Å². The normalized spacial score (nSPS) is 10.4. The van der Waals surface area contributed by atoms with Crippen LogP contribution in [0.1, 0.15) is 33.2 Å². The molecule has 2 aromatic rings. The number of ether oxygens (including phenoxy) is 3. The summed E-state index contributed by atoms with van der Waals surface area (Å²) in [4.78, 5) is 24.0. The van der Waals surface area contributed by atoms with Gasteiger partial charge >= 0.3 is 5.97 Å². The first-order chi connectivity index (χ1) is 13.0. The summed E-state index contributed by atoms with van der Waals surface area (Å²) in [6.07, 6.45) is 0. The first-order valence-electron chi connectivity index (χ1n) is 8.52. The van der Waals surface area contributed by atoms with Crippen molar-refractivity contribution in [3.05, 3.63) is 59.2 Å². The molecule has 0 bridgehead atoms. The van der Waals surface area contributed by atoms with Crippen LogP contribution < -0.4 is 10.1 Å². The van der Waals surface area contributed by atoms with Crippen LogP contribution >= 0.6 is 0 Å². The summed E-state index contributed by atoms with van der Waals surface area (Å²) >= 11 is 0. The van der Waals surface area contributed by atoms with Gasteiger partial charge in [-0.05, 0) is 42.8 Å². The average molecular weight is 373 g/mol. The Morgan fingerprint density at radius 1 is 1.11 bits per heavy atom. The van der Waals surface area contributed by atoms with E-state index in [4.69, 9.17) is 14.2 Å². The Balaban J connectivity index is 2.18. The standard InChI is InChI=1S/C20H23NO6/c1-3-26-8-9-27-18-7-5-4-6-17(18)19(22)21-16-11-14(13-25-2)10-15(12-16)20(23)24/h4-7,10-12H,3,8-9,13H2,1-2H3,(H,21,22)(H,23,24). The summed E-state index contributed by atoms with van der Waals surface area (Å²) in [7, 11) is 1.52. The molecule has 7 nitrogen and oxygen atoms in total. The fourth-order valence-electron chi connectivity index (χ4n) is 2.47. The van der Waals surface area contributed by atoms with Crippen LogP contribution in [0.4, 0.5) is 5.69 Å². The number of para-hydroxylation sites is 1. The van der Waals surface area contributed by atoms with Gasteiger partial charge in [0, 0.05) is 19.4 Å². The molecular formula is C20H23NO6. The third kappa shape index (κ3) is 6.09. The van der Waals surface area contributed by atoms with Gasteiger partial charge in [-0.15, -0.1) is 0 Å². The highest BCUT2D eigenvalue weighted by molar-refractivity contribution is 6.06. The fraction of sp³-hybridized carbons (Fsp3) is 0.300. The van der Waals surface area contributed by atoms with Gasteiger partial charge in [-0.1, -0.05) is 12.1 Å². The molecule has 27 heavy (non-hydrogen) atoms. The smallest absolute Gasteiger partial charge is 0.335 e. The van der Waals surface area contributed by atoms with Gasteiger partial charge in [-0.3, -0.25) is 4.79 Å². The number of rotatable bonds is 10. The molecular weight excluding hydrogens is 350 g/mol. The molecule has 0 heterocycles. The Hall–Kier alpha value is -2.90. The van der Waals surface area contributed by atoms with E-state index in [2.05, 4.69) is 5.32 Å². The Morgan fingerprint density at radius 2 is 1.89 bits per heavy atom. The van der Waals surface area contributed by atoms with Gasteiger partial charge in [-0.2, -0.15) is 0 Å². The molecule has 0 saturated carbocycles. The van der Waals surface area contributed by atoms with Gasteiger partial charge in [0.05, 0.1) is 24.3 Å². The molecule has 1 amide bonds. The number of anilines is 1. The lowest BCUT2D eigenvalue weighted by atomic mass is 10.1. The number of methoxy groups -OCH3 is 1. The molecule has 2 aromatic carbocycles. The third-order valence-corrected chi connectivity index (χ3v) is 3.63.